The van der Waals surface area contributed by atoms with E-state index in [-0.39, 0.29) is 18.3 Å². The molecular weight excluding hydrogens is 727 g/mol. The SMILES string of the molecule is CCOc1ccc([C@@H]2C(C(=O)OC(C)C)=C(C)N=c3s/c(=C/c4cc(I)c(OCc5ccccc5Cl)c(OC)c4)c(=O)n32)cc1. The van der Waals surface area contributed by atoms with Gasteiger partial charge in [0.05, 0.1) is 45.2 Å². The molecule has 1 atom stereocenters. The molecular formula is C34H32ClIN2O6S. The Balaban J connectivity index is 1.57. The van der Waals surface area contributed by atoms with Gasteiger partial charge >= 0.3 is 5.97 Å². The molecule has 0 unspecified atom stereocenters. The van der Waals surface area contributed by atoms with E-state index in [9.17, 15) is 9.59 Å². The van der Waals surface area contributed by atoms with Crippen molar-refractivity contribution in [2.24, 2.45) is 4.99 Å². The van der Waals surface area contributed by atoms with Crippen LogP contribution in [0.15, 0.2) is 81.7 Å². The predicted molar refractivity (Wildman–Crippen MR) is 184 cm³/mol. The quantitative estimate of drug-likeness (QED) is 0.137. The van der Waals surface area contributed by atoms with Gasteiger partial charge < -0.3 is 18.9 Å². The first kappa shape index (κ1) is 32.8. The average Bonchev–Trinajstić information content (AvgIpc) is 3.30. The fourth-order valence-corrected chi connectivity index (χ4v) is 6.99. The summed E-state index contributed by atoms with van der Waals surface area (Å²) in [5.74, 6) is 1.29. The van der Waals surface area contributed by atoms with Crippen molar-refractivity contribution in [1.82, 2.24) is 4.57 Å². The van der Waals surface area contributed by atoms with Crippen molar-refractivity contribution in [2.45, 2.75) is 46.4 Å². The summed E-state index contributed by atoms with van der Waals surface area (Å²) in [6.07, 6.45) is 1.46. The molecule has 0 spiro atoms. The van der Waals surface area contributed by atoms with Gasteiger partial charge in [0.2, 0.25) is 0 Å². The maximum atomic E-state index is 14.1. The molecule has 0 bridgehead atoms. The van der Waals surface area contributed by atoms with Gasteiger partial charge in [0.15, 0.2) is 16.3 Å². The van der Waals surface area contributed by atoms with Crippen LogP contribution in [0.1, 0.15) is 50.4 Å². The van der Waals surface area contributed by atoms with Crippen molar-refractivity contribution >= 4 is 57.6 Å². The molecule has 1 aliphatic rings. The molecule has 0 saturated carbocycles. The van der Waals surface area contributed by atoms with Crippen molar-refractivity contribution in [3.63, 3.8) is 0 Å². The van der Waals surface area contributed by atoms with Crippen LogP contribution < -0.4 is 29.1 Å². The Morgan fingerprint density at radius 1 is 1.13 bits per heavy atom. The van der Waals surface area contributed by atoms with E-state index in [0.29, 0.717) is 49.5 Å². The number of hydrogen-bond acceptors (Lipinski definition) is 8. The molecule has 0 aliphatic carbocycles. The van der Waals surface area contributed by atoms with E-state index in [4.69, 9.17) is 30.5 Å². The fourth-order valence-electron chi connectivity index (χ4n) is 4.97. The number of esters is 1. The third kappa shape index (κ3) is 7.13. The Morgan fingerprint density at radius 3 is 2.53 bits per heavy atom. The first-order chi connectivity index (χ1) is 21.6. The van der Waals surface area contributed by atoms with Crippen molar-refractivity contribution in [3.8, 4) is 17.2 Å². The largest absolute Gasteiger partial charge is 0.494 e. The van der Waals surface area contributed by atoms with Gasteiger partial charge in [-0.25, -0.2) is 9.79 Å². The van der Waals surface area contributed by atoms with Gasteiger partial charge in [-0.3, -0.25) is 9.36 Å². The number of carbonyl (C=O) groups is 1. The van der Waals surface area contributed by atoms with Gasteiger partial charge in [0, 0.05) is 10.6 Å². The first-order valence-electron chi connectivity index (χ1n) is 14.3. The van der Waals surface area contributed by atoms with Crippen LogP contribution >= 0.6 is 45.5 Å². The summed E-state index contributed by atoms with van der Waals surface area (Å²) < 4.78 is 25.8. The number of methoxy groups -OCH3 is 1. The van der Waals surface area contributed by atoms with Crippen LogP contribution in [-0.2, 0) is 16.1 Å². The number of nitrogens with zero attached hydrogens (tertiary/aromatic N) is 2. The normalized spacial score (nSPS) is 14.7. The van der Waals surface area contributed by atoms with E-state index in [2.05, 4.69) is 27.6 Å². The zero-order valence-corrected chi connectivity index (χ0v) is 29.2. The first-order valence-corrected chi connectivity index (χ1v) is 16.6. The van der Waals surface area contributed by atoms with Crippen LogP contribution in [0.25, 0.3) is 6.08 Å². The fraction of sp³-hybridized carbons (Fsp3) is 0.265. The molecule has 0 N–H and O–H groups in total. The molecule has 8 nitrogen and oxygen atoms in total. The van der Waals surface area contributed by atoms with Crippen molar-refractivity contribution in [1.29, 1.82) is 0 Å². The number of carbonyl (C=O) groups excluding carboxylic acids is 1. The number of thiazole rings is 1. The van der Waals surface area contributed by atoms with Crippen LogP contribution in [0.5, 0.6) is 17.2 Å². The third-order valence-electron chi connectivity index (χ3n) is 6.97. The number of aromatic nitrogens is 1. The van der Waals surface area contributed by atoms with Gasteiger partial charge in [0.1, 0.15) is 12.4 Å². The molecule has 2 heterocycles. The minimum Gasteiger partial charge on any atom is -0.494 e. The molecule has 1 aromatic heterocycles. The summed E-state index contributed by atoms with van der Waals surface area (Å²) in [5, 5.41) is 0.623. The van der Waals surface area contributed by atoms with Gasteiger partial charge in [-0.2, -0.15) is 0 Å². The molecule has 5 rings (SSSR count). The highest BCUT2D eigenvalue weighted by Gasteiger charge is 2.34. The average molecular weight is 759 g/mol. The second kappa shape index (κ2) is 14.2. The molecule has 234 valence electrons. The van der Waals surface area contributed by atoms with E-state index in [0.717, 1.165) is 20.3 Å². The molecule has 1 aliphatic heterocycles. The summed E-state index contributed by atoms with van der Waals surface area (Å²) in [6, 6.07) is 17.9. The molecule has 0 radical (unpaired) electrons. The van der Waals surface area contributed by atoms with E-state index in [1.807, 2.05) is 67.6 Å². The monoisotopic (exact) mass is 758 g/mol. The molecule has 11 heteroatoms. The molecule has 0 saturated heterocycles. The van der Waals surface area contributed by atoms with Gasteiger partial charge in [-0.1, -0.05) is 53.3 Å². The van der Waals surface area contributed by atoms with Crippen molar-refractivity contribution in [2.75, 3.05) is 13.7 Å². The minimum atomic E-state index is -0.722. The number of halogens is 2. The Bertz CT molecular complexity index is 1950. The molecule has 45 heavy (non-hydrogen) atoms. The van der Waals surface area contributed by atoms with Crippen LogP contribution in [-0.4, -0.2) is 30.4 Å². The number of rotatable bonds is 10. The highest BCUT2D eigenvalue weighted by molar-refractivity contribution is 14.1. The lowest BCUT2D eigenvalue weighted by molar-refractivity contribution is -0.143. The predicted octanol–water partition coefficient (Wildman–Crippen LogP) is 6.43. The molecule has 0 fully saturated rings. The van der Waals surface area contributed by atoms with E-state index in [1.54, 1.807) is 38.5 Å². The summed E-state index contributed by atoms with van der Waals surface area (Å²) in [4.78, 5) is 32.6. The Labute approximate surface area is 283 Å². The minimum absolute atomic E-state index is 0.270. The number of hydrogen-bond donors (Lipinski definition) is 0. The van der Waals surface area contributed by atoms with Gasteiger partial charge in [0.25, 0.3) is 5.56 Å². The summed E-state index contributed by atoms with van der Waals surface area (Å²) in [7, 11) is 1.57. The van der Waals surface area contributed by atoms with Crippen molar-refractivity contribution in [3.05, 3.63) is 117 Å². The smallest absolute Gasteiger partial charge is 0.338 e. The lowest BCUT2D eigenvalue weighted by Gasteiger charge is -2.25. The van der Waals surface area contributed by atoms with Crippen molar-refractivity contribution < 1.29 is 23.7 Å². The number of ether oxygens (including phenoxy) is 4. The standard InChI is InChI=1S/C34H32ClIN2O6S/c1-6-42-24-13-11-22(12-14-24)30-29(33(40)44-19(2)3)20(4)37-34-38(30)32(39)28(45-34)17-21-15-26(36)31(27(16-21)41-5)43-18-23-9-7-8-10-25(23)35/h7-17,19,30H,6,18H2,1-5H3/b28-17+/t30-/m1/s1. The highest BCUT2D eigenvalue weighted by atomic mass is 127. The van der Waals surface area contributed by atoms with Gasteiger partial charge in [-0.05, 0) is 97.8 Å². The van der Waals surface area contributed by atoms with E-state index < -0.39 is 12.0 Å². The summed E-state index contributed by atoms with van der Waals surface area (Å²) in [5.41, 5.74) is 2.91. The maximum Gasteiger partial charge on any atom is 0.338 e. The van der Waals surface area contributed by atoms with E-state index >= 15 is 0 Å². The Kier molecular flexibility index (Phi) is 10.4. The summed E-state index contributed by atoms with van der Waals surface area (Å²) in [6.45, 7) is 8.06. The van der Waals surface area contributed by atoms with E-state index in [1.165, 1.54) is 11.3 Å². The number of benzene rings is 3. The summed E-state index contributed by atoms with van der Waals surface area (Å²) >= 11 is 9.76. The van der Waals surface area contributed by atoms with Crippen LogP contribution in [0.4, 0.5) is 0 Å². The zero-order valence-electron chi connectivity index (χ0n) is 25.4. The van der Waals surface area contributed by atoms with Gasteiger partial charge in [-0.15, -0.1) is 0 Å². The zero-order chi connectivity index (χ0) is 32.2. The lowest BCUT2D eigenvalue weighted by Crippen LogP contribution is -2.40. The second-order valence-corrected chi connectivity index (χ2v) is 13.0. The lowest BCUT2D eigenvalue weighted by atomic mass is 9.96. The second-order valence-electron chi connectivity index (χ2n) is 10.5. The molecule has 0 amide bonds. The number of allylic oxidation sites excluding steroid dienone is 1. The Morgan fingerprint density at radius 2 is 1.87 bits per heavy atom. The number of fused-ring (bicyclic) bond motifs is 1. The molecule has 4 aromatic rings. The van der Waals surface area contributed by atoms with Crippen LogP contribution in [0.2, 0.25) is 5.02 Å². The maximum absolute atomic E-state index is 14.1. The topological polar surface area (TPSA) is 88.4 Å². The Hall–Kier alpha value is -3.61. The molecule has 3 aromatic carbocycles. The highest BCUT2D eigenvalue weighted by Crippen LogP contribution is 2.36. The third-order valence-corrected chi connectivity index (χ3v) is 9.12. The van der Waals surface area contributed by atoms with Crippen LogP contribution in [0.3, 0.4) is 0 Å². The van der Waals surface area contributed by atoms with Crippen LogP contribution in [0, 0.1) is 3.57 Å².